The van der Waals surface area contributed by atoms with Crippen LogP contribution in [0.3, 0.4) is 0 Å². The molecule has 2 fully saturated rings. The highest BCUT2D eigenvalue weighted by atomic mass is 32.2. The van der Waals surface area contributed by atoms with E-state index in [2.05, 4.69) is 0 Å². The highest BCUT2D eigenvalue weighted by Crippen LogP contribution is 2.21. The van der Waals surface area contributed by atoms with Crippen molar-refractivity contribution in [3.05, 3.63) is 35.9 Å². The molecule has 2 aliphatic heterocycles. The van der Waals surface area contributed by atoms with Crippen molar-refractivity contribution in [2.75, 3.05) is 31.9 Å². The summed E-state index contributed by atoms with van der Waals surface area (Å²) in [6.45, 7) is 2.81. The number of carbonyl (C=O) groups is 2. The minimum absolute atomic E-state index is 0.00438. The Balaban J connectivity index is 1.82. The minimum atomic E-state index is -3.39. The molecule has 0 aromatic heterocycles. The zero-order valence-electron chi connectivity index (χ0n) is 14.3. The van der Waals surface area contributed by atoms with E-state index >= 15 is 0 Å². The van der Waals surface area contributed by atoms with Gasteiger partial charge >= 0.3 is 0 Å². The van der Waals surface area contributed by atoms with E-state index in [1.807, 2.05) is 30.3 Å². The van der Waals surface area contributed by atoms with E-state index in [0.29, 0.717) is 26.1 Å². The molecule has 2 heterocycles. The predicted octanol–water partition coefficient (Wildman–Crippen LogP) is 0.281. The van der Waals surface area contributed by atoms with Gasteiger partial charge in [-0.05, 0) is 18.9 Å². The third kappa shape index (κ3) is 3.69. The highest BCUT2D eigenvalue weighted by molar-refractivity contribution is 7.89. The first-order valence-corrected chi connectivity index (χ1v) is 10.1. The van der Waals surface area contributed by atoms with Crippen LogP contribution in [0.1, 0.15) is 18.9 Å². The first-order chi connectivity index (χ1) is 11.9. The molecule has 0 radical (unpaired) electrons. The lowest BCUT2D eigenvalue weighted by molar-refractivity contribution is -0.156. The largest absolute Gasteiger partial charge is 0.328 e. The first-order valence-electron chi connectivity index (χ1n) is 8.52. The molecule has 25 heavy (non-hydrogen) atoms. The van der Waals surface area contributed by atoms with Crippen LogP contribution in [0.4, 0.5) is 0 Å². The van der Waals surface area contributed by atoms with Gasteiger partial charge in [0.15, 0.2) is 0 Å². The van der Waals surface area contributed by atoms with Crippen molar-refractivity contribution in [2.45, 2.75) is 25.9 Å². The second kappa shape index (κ2) is 7.13. The van der Waals surface area contributed by atoms with Gasteiger partial charge in [-0.3, -0.25) is 9.59 Å². The van der Waals surface area contributed by atoms with Crippen LogP contribution in [-0.2, 0) is 26.2 Å². The van der Waals surface area contributed by atoms with Crippen LogP contribution in [0, 0.1) is 0 Å². The minimum Gasteiger partial charge on any atom is -0.328 e. The van der Waals surface area contributed by atoms with Crippen molar-refractivity contribution in [1.82, 2.24) is 14.1 Å². The summed E-state index contributed by atoms with van der Waals surface area (Å²) in [5, 5.41) is 0. The van der Waals surface area contributed by atoms with Gasteiger partial charge in [0.05, 0.1) is 5.75 Å². The molecule has 2 amide bonds. The number of benzene rings is 1. The maximum Gasteiger partial charge on any atom is 0.247 e. The molecule has 1 unspecified atom stereocenters. The molecule has 1 atom stereocenters. The van der Waals surface area contributed by atoms with Gasteiger partial charge in [0.2, 0.25) is 21.8 Å². The Morgan fingerprint density at radius 1 is 1.12 bits per heavy atom. The third-order valence-corrected chi connectivity index (χ3v) is 6.63. The molecule has 0 spiro atoms. The summed E-state index contributed by atoms with van der Waals surface area (Å²) >= 11 is 0. The van der Waals surface area contributed by atoms with Crippen LogP contribution in [0.25, 0.3) is 0 Å². The topological polar surface area (TPSA) is 78.0 Å². The van der Waals surface area contributed by atoms with Gasteiger partial charge in [0.25, 0.3) is 0 Å². The lowest BCUT2D eigenvalue weighted by Crippen LogP contribution is -2.61. The smallest absolute Gasteiger partial charge is 0.247 e. The molecule has 0 N–H and O–H groups in total. The number of rotatable bonds is 4. The number of piperazine rings is 1. The maximum absolute atomic E-state index is 12.9. The zero-order valence-corrected chi connectivity index (χ0v) is 15.1. The number of sulfonamides is 1. The van der Waals surface area contributed by atoms with Crippen molar-refractivity contribution in [3.63, 3.8) is 0 Å². The molecule has 1 aromatic carbocycles. The van der Waals surface area contributed by atoms with Crippen molar-refractivity contribution < 1.29 is 18.0 Å². The summed E-state index contributed by atoms with van der Waals surface area (Å²) in [6.07, 6.45) is 0.549. The molecule has 0 aliphatic carbocycles. The molecule has 136 valence electrons. The quantitative estimate of drug-likeness (QED) is 0.768. The van der Waals surface area contributed by atoms with Gasteiger partial charge in [-0.25, -0.2) is 8.42 Å². The van der Waals surface area contributed by atoms with Crippen molar-refractivity contribution in [2.24, 2.45) is 0 Å². The Hall–Kier alpha value is -1.93. The standard InChI is InChI=1S/C17H23N3O4S/c1-2-25(23,24)19-9-6-10-20-15(12-19)17(22)18(13-16(20)21)11-14-7-4-3-5-8-14/h3-5,7-8,15H,2,6,9-13H2,1H3. The summed E-state index contributed by atoms with van der Waals surface area (Å²) in [5.74, 6) is -0.298. The molecule has 2 saturated heterocycles. The molecule has 2 aliphatic rings. The number of hydrogen-bond acceptors (Lipinski definition) is 4. The van der Waals surface area contributed by atoms with Crippen LogP contribution in [0.2, 0.25) is 0 Å². The van der Waals surface area contributed by atoms with Gasteiger partial charge < -0.3 is 9.80 Å². The SMILES string of the molecule is CCS(=O)(=O)N1CCCN2C(=O)CN(Cc3ccccc3)C(=O)C2C1. The van der Waals surface area contributed by atoms with Crippen molar-refractivity contribution in [1.29, 1.82) is 0 Å². The van der Waals surface area contributed by atoms with E-state index in [1.54, 1.807) is 11.8 Å². The Kier molecular flexibility index (Phi) is 5.10. The maximum atomic E-state index is 12.9. The normalized spacial score (nSPS) is 22.7. The molecule has 0 bridgehead atoms. The van der Waals surface area contributed by atoms with E-state index in [0.717, 1.165) is 5.56 Å². The fourth-order valence-corrected chi connectivity index (χ4v) is 4.52. The molecule has 0 saturated carbocycles. The fourth-order valence-electron chi connectivity index (χ4n) is 3.38. The number of nitrogens with zero attached hydrogens (tertiary/aromatic N) is 3. The van der Waals surface area contributed by atoms with E-state index in [4.69, 9.17) is 0 Å². The lowest BCUT2D eigenvalue weighted by atomic mass is 10.1. The summed E-state index contributed by atoms with van der Waals surface area (Å²) in [6, 6.07) is 8.76. The predicted molar refractivity (Wildman–Crippen MR) is 93.0 cm³/mol. The fraction of sp³-hybridized carbons (Fsp3) is 0.529. The molecule has 7 nitrogen and oxygen atoms in total. The molecular formula is C17H23N3O4S. The van der Waals surface area contributed by atoms with E-state index in [9.17, 15) is 18.0 Å². The number of fused-ring (bicyclic) bond motifs is 1. The molecule has 1 aromatic rings. The zero-order chi connectivity index (χ0) is 18.0. The second-order valence-corrected chi connectivity index (χ2v) is 8.65. The Labute approximate surface area is 148 Å². The highest BCUT2D eigenvalue weighted by Gasteiger charge is 2.42. The van der Waals surface area contributed by atoms with Crippen LogP contribution in [0.5, 0.6) is 0 Å². The third-order valence-electron chi connectivity index (χ3n) is 4.78. The summed E-state index contributed by atoms with van der Waals surface area (Å²) < 4.78 is 25.8. The van der Waals surface area contributed by atoms with Gasteiger partial charge in [-0.15, -0.1) is 0 Å². The van der Waals surface area contributed by atoms with Crippen LogP contribution in [0.15, 0.2) is 30.3 Å². The Morgan fingerprint density at radius 2 is 1.84 bits per heavy atom. The van der Waals surface area contributed by atoms with Crippen LogP contribution < -0.4 is 0 Å². The number of hydrogen-bond donors (Lipinski definition) is 0. The van der Waals surface area contributed by atoms with Crippen LogP contribution >= 0.6 is 0 Å². The second-order valence-electron chi connectivity index (χ2n) is 6.39. The summed E-state index contributed by atoms with van der Waals surface area (Å²) in [4.78, 5) is 28.5. The number of carbonyl (C=O) groups excluding carboxylic acids is 2. The van der Waals surface area contributed by atoms with Gasteiger partial charge in [0.1, 0.15) is 12.6 Å². The first kappa shape index (κ1) is 17.9. The summed E-state index contributed by atoms with van der Waals surface area (Å²) in [5.41, 5.74) is 0.948. The molecule has 8 heteroatoms. The average molecular weight is 365 g/mol. The monoisotopic (exact) mass is 365 g/mol. The van der Waals surface area contributed by atoms with Gasteiger partial charge in [-0.2, -0.15) is 4.31 Å². The number of amides is 2. The van der Waals surface area contributed by atoms with Crippen LogP contribution in [-0.4, -0.2) is 72.3 Å². The summed E-state index contributed by atoms with van der Waals surface area (Å²) in [7, 11) is -3.39. The van der Waals surface area contributed by atoms with E-state index < -0.39 is 16.1 Å². The van der Waals surface area contributed by atoms with Crippen molar-refractivity contribution >= 4 is 21.8 Å². The van der Waals surface area contributed by atoms with Gasteiger partial charge in [0, 0.05) is 26.2 Å². The van der Waals surface area contributed by atoms with Crippen molar-refractivity contribution in [3.8, 4) is 0 Å². The molecule has 3 rings (SSSR count). The Bertz CT molecular complexity index is 750. The van der Waals surface area contributed by atoms with E-state index in [-0.39, 0.29) is 30.7 Å². The van der Waals surface area contributed by atoms with E-state index in [1.165, 1.54) is 9.21 Å². The lowest BCUT2D eigenvalue weighted by Gasteiger charge is -2.40. The average Bonchev–Trinajstić information content (AvgIpc) is 2.84. The Morgan fingerprint density at radius 3 is 2.52 bits per heavy atom. The van der Waals surface area contributed by atoms with Gasteiger partial charge in [-0.1, -0.05) is 30.3 Å². The molecular weight excluding hydrogens is 342 g/mol.